The van der Waals surface area contributed by atoms with Crippen LogP contribution >= 0.6 is 12.6 Å². The van der Waals surface area contributed by atoms with Crippen molar-refractivity contribution in [2.75, 3.05) is 5.75 Å². The summed E-state index contributed by atoms with van der Waals surface area (Å²) in [5, 5.41) is 8.48. The van der Waals surface area contributed by atoms with E-state index in [0.717, 1.165) is 6.42 Å². The smallest absolute Gasteiger partial charge is 0.332 e. The molecule has 4 heteroatoms. The van der Waals surface area contributed by atoms with Crippen LogP contribution in [0.5, 0.6) is 0 Å². The van der Waals surface area contributed by atoms with E-state index in [-0.39, 0.29) is 6.10 Å². The highest BCUT2D eigenvalue weighted by molar-refractivity contribution is 7.80. The second-order valence-corrected chi connectivity index (χ2v) is 2.71. The van der Waals surface area contributed by atoms with E-state index in [9.17, 15) is 4.79 Å². The predicted octanol–water partition coefficient (Wildman–Crippen LogP) is 0.548. The molecule has 0 saturated carbocycles. The maximum absolute atomic E-state index is 10.3. The molecule has 1 N–H and O–H groups in total. The van der Waals surface area contributed by atoms with E-state index in [1.54, 1.807) is 0 Å². The lowest BCUT2D eigenvalue weighted by Gasteiger charge is -2.06. The van der Waals surface area contributed by atoms with E-state index in [1.165, 1.54) is 0 Å². The van der Waals surface area contributed by atoms with Crippen LogP contribution < -0.4 is 0 Å². The zero-order valence-electron chi connectivity index (χ0n) is 5.49. The van der Waals surface area contributed by atoms with Crippen LogP contribution in [0, 0.1) is 0 Å². The number of hydrogen-bond acceptors (Lipinski definition) is 3. The molecule has 0 bridgehead atoms. The van der Waals surface area contributed by atoms with Gasteiger partial charge in [0.15, 0.2) is 6.10 Å². The third-order valence-electron chi connectivity index (χ3n) is 1.59. The molecule has 0 aromatic carbocycles. The largest absolute Gasteiger partial charge is 0.479 e. The molecular weight excluding hydrogens is 152 g/mol. The van der Waals surface area contributed by atoms with E-state index >= 15 is 0 Å². The standard InChI is InChI=1S/C6H10O3S/c7-6(8)5-2-1-4(3-10)9-5/h4-5,10H,1-3H2,(H,7,8). The molecule has 0 aromatic heterocycles. The number of thiol groups is 1. The molecule has 3 nitrogen and oxygen atoms in total. The van der Waals surface area contributed by atoms with Crippen molar-refractivity contribution in [3.8, 4) is 0 Å². The Balaban J connectivity index is 2.35. The van der Waals surface area contributed by atoms with Gasteiger partial charge < -0.3 is 9.84 Å². The van der Waals surface area contributed by atoms with Gasteiger partial charge in [0.05, 0.1) is 6.10 Å². The Morgan fingerprint density at radius 2 is 2.40 bits per heavy atom. The number of carboxylic acids is 1. The number of carbonyl (C=O) groups is 1. The highest BCUT2D eigenvalue weighted by atomic mass is 32.1. The van der Waals surface area contributed by atoms with E-state index in [1.807, 2.05) is 0 Å². The van der Waals surface area contributed by atoms with Crippen LogP contribution in [0.25, 0.3) is 0 Å². The summed E-state index contributed by atoms with van der Waals surface area (Å²) >= 11 is 4.01. The molecule has 2 atom stereocenters. The predicted molar refractivity (Wildman–Crippen MR) is 39.4 cm³/mol. The van der Waals surface area contributed by atoms with Gasteiger partial charge in [-0.3, -0.25) is 0 Å². The van der Waals surface area contributed by atoms with Crippen molar-refractivity contribution in [1.82, 2.24) is 0 Å². The first kappa shape index (κ1) is 7.88. The van der Waals surface area contributed by atoms with E-state index in [0.29, 0.717) is 12.2 Å². The summed E-state index contributed by atoms with van der Waals surface area (Å²) < 4.78 is 5.10. The van der Waals surface area contributed by atoms with Gasteiger partial charge in [0, 0.05) is 5.75 Å². The average Bonchev–Trinajstić information content (AvgIpc) is 2.34. The third-order valence-corrected chi connectivity index (χ3v) is 1.99. The number of aliphatic carboxylic acids is 1. The summed E-state index contributed by atoms with van der Waals surface area (Å²) in [6.07, 6.45) is 0.905. The molecule has 0 aromatic rings. The third kappa shape index (κ3) is 1.64. The molecule has 58 valence electrons. The fraction of sp³-hybridized carbons (Fsp3) is 0.833. The summed E-state index contributed by atoms with van der Waals surface area (Å²) in [6, 6.07) is 0. The molecule has 0 spiro atoms. The molecule has 1 rings (SSSR count). The van der Waals surface area contributed by atoms with Crippen LogP contribution in [0.4, 0.5) is 0 Å². The van der Waals surface area contributed by atoms with Crippen molar-refractivity contribution >= 4 is 18.6 Å². The Hall–Kier alpha value is -0.220. The molecule has 2 unspecified atom stereocenters. The Labute approximate surface area is 64.8 Å². The normalized spacial score (nSPS) is 32.5. The van der Waals surface area contributed by atoms with Gasteiger partial charge in [-0.2, -0.15) is 12.6 Å². The van der Waals surface area contributed by atoms with Gasteiger partial charge in [-0.1, -0.05) is 0 Å². The lowest BCUT2D eigenvalue weighted by atomic mass is 10.2. The molecule has 10 heavy (non-hydrogen) atoms. The van der Waals surface area contributed by atoms with Crippen molar-refractivity contribution < 1.29 is 14.6 Å². The van der Waals surface area contributed by atoms with Crippen molar-refractivity contribution in [1.29, 1.82) is 0 Å². The first-order valence-electron chi connectivity index (χ1n) is 3.23. The lowest BCUT2D eigenvalue weighted by molar-refractivity contribution is -0.148. The highest BCUT2D eigenvalue weighted by Gasteiger charge is 2.29. The van der Waals surface area contributed by atoms with Crippen LogP contribution in [0.3, 0.4) is 0 Å². The maximum Gasteiger partial charge on any atom is 0.332 e. The number of rotatable bonds is 2. The average molecular weight is 162 g/mol. The van der Waals surface area contributed by atoms with Crippen LogP contribution in [0.15, 0.2) is 0 Å². The second kappa shape index (κ2) is 3.25. The number of ether oxygens (including phenoxy) is 1. The SMILES string of the molecule is O=C(O)C1CCC(CS)O1. The van der Waals surface area contributed by atoms with Gasteiger partial charge in [-0.15, -0.1) is 0 Å². The fourth-order valence-electron chi connectivity index (χ4n) is 1.02. The van der Waals surface area contributed by atoms with Crippen molar-refractivity contribution in [2.45, 2.75) is 25.0 Å². The summed E-state index contributed by atoms with van der Waals surface area (Å²) in [4.78, 5) is 10.3. The Kier molecular flexibility index (Phi) is 2.56. The minimum atomic E-state index is -0.857. The molecule has 0 amide bonds. The molecule has 0 radical (unpaired) electrons. The summed E-state index contributed by atoms with van der Waals surface area (Å²) in [6.45, 7) is 0. The van der Waals surface area contributed by atoms with E-state index < -0.39 is 12.1 Å². The van der Waals surface area contributed by atoms with Gasteiger partial charge in [-0.25, -0.2) is 4.79 Å². The molecular formula is C6H10O3S. The van der Waals surface area contributed by atoms with Crippen molar-refractivity contribution in [3.63, 3.8) is 0 Å². The zero-order chi connectivity index (χ0) is 7.56. The summed E-state index contributed by atoms with van der Waals surface area (Å²) in [7, 11) is 0. The fourth-order valence-corrected chi connectivity index (χ4v) is 1.29. The Morgan fingerprint density at radius 1 is 1.70 bits per heavy atom. The molecule has 1 fully saturated rings. The Morgan fingerprint density at radius 3 is 2.70 bits per heavy atom. The van der Waals surface area contributed by atoms with Crippen LogP contribution in [0.2, 0.25) is 0 Å². The van der Waals surface area contributed by atoms with Crippen LogP contribution in [-0.2, 0) is 9.53 Å². The first-order chi connectivity index (χ1) is 4.74. The molecule has 1 saturated heterocycles. The van der Waals surface area contributed by atoms with Crippen molar-refractivity contribution in [2.24, 2.45) is 0 Å². The molecule has 0 aliphatic carbocycles. The minimum absolute atomic E-state index is 0.0458. The topological polar surface area (TPSA) is 46.5 Å². The second-order valence-electron chi connectivity index (χ2n) is 2.34. The number of carboxylic acid groups (broad SMARTS) is 1. The van der Waals surface area contributed by atoms with Gasteiger partial charge in [0.25, 0.3) is 0 Å². The Bertz CT molecular complexity index is 137. The van der Waals surface area contributed by atoms with E-state index in [2.05, 4.69) is 12.6 Å². The molecule has 1 aliphatic rings. The lowest BCUT2D eigenvalue weighted by Crippen LogP contribution is -2.20. The molecule has 1 heterocycles. The first-order valence-corrected chi connectivity index (χ1v) is 3.86. The minimum Gasteiger partial charge on any atom is -0.479 e. The van der Waals surface area contributed by atoms with Gasteiger partial charge in [-0.05, 0) is 12.8 Å². The van der Waals surface area contributed by atoms with Crippen molar-refractivity contribution in [3.05, 3.63) is 0 Å². The number of hydrogen-bond donors (Lipinski definition) is 2. The van der Waals surface area contributed by atoms with Crippen LogP contribution in [-0.4, -0.2) is 29.0 Å². The van der Waals surface area contributed by atoms with Gasteiger partial charge in [0.2, 0.25) is 0 Å². The highest BCUT2D eigenvalue weighted by Crippen LogP contribution is 2.20. The van der Waals surface area contributed by atoms with E-state index in [4.69, 9.17) is 9.84 Å². The van der Waals surface area contributed by atoms with Crippen LogP contribution in [0.1, 0.15) is 12.8 Å². The molecule has 1 aliphatic heterocycles. The van der Waals surface area contributed by atoms with Gasteiger partial charge >= 0.3 is 5.97 Å². The quantitative estimate of drug-likeness (QED) is 0.583. The van der Waals surface area contributed by atoms with Gasteiger partial charge in [0.1, 0.15) is 0 Å². The summed E-state index contributed by atoms with van der Waals surface area (Å²) in [5.74, 6) is -0.242. The zero-order valence-corrected chi connectivity index (χ0v) is 6.38. The maximum atomic E-state index is 10.3. The monoisotopic (exact) mass is 162 g/mol. The summed E-state index contributed by atoms with van der Waals surface area (Å²) in [5.41, 5.74) is 0.